The van der Waals surface area contributed by atoms with Gasteiger partial charge in [-0.05, 0) is 65.2 Å². The maximum absolute atomic E-state index is 12.1. The average molecular weight is 485 g/mol. The van der Waals surface area contributed by atoms with Crippen LogP contribution < -0.4 is 10.1 Å². The maximum atomic E-state index is 12.1. The predicted molar refractivity (Wildman–Crippen MR) is 140 cm³/mol. The van der Waals surface area contributed by atoms with Crippen molar-refractivity contribution in [2.45, 2.75) is 25.0 Å². The van der Waals surface area contributed by atoms with Gasteiger partial charge in [-0.15, -0.1) is 0 Å². The number of aromatic nitrogens is 1. The molecule has 5 rings (SSSR count). The molecule has 4 aromatic rings. The van der Waals surface area contributed by atoms with Gasteiger partial charge in [-0.1, -0.05) is 48.5 Å². The highest BCUT2D eigenvalue weighted by molar-refractivity contribution is 5.87. The average Bonchev–Trinajstić information content (AvgIpc) is 3.36. The second-order valence-corrected chi connectivity index (χ2v) is 9.19. The number of hydrogen-bond acceptors (Lipinski definition) is 5. The molecule has 1 aliphatic heterocycles. The summed E-state index contributed by atoms with van der Waals surface area (Å²) in [4.78, 5) is 12.1. The Morgan fingerprint density at radius 2 is 1.81 bits per heavy atom. The van der Waals surface area contributed by atoms with Crippen LogP contribution in [0.2, 0.25) is 0 Å². The molecule has 36 heavy (non-hydrogen) atoms. The fourth-order valence-corrected chi connectivity index (χ4v) is 4.77. The van der Waals surface area contributed by atoms with Crippen LogP contribution in [0, 0.1) is 0 Å². The van der Waals surface area contributed by atoms with E-state index in [-0.39, 0.29) is 18.7 Å². The van der Waals surface area contributed by atoms with Crippen molar-refractivity contribution >= 4 is 16.7 Å². The lowest BCUT2D eigenvalue weighted by Gasteiger charge is -2.32. The fourth-order valence-electron chi connectivity index (χ4n) is 4.77. The number of carbonyl (C=O) groups is 1. The van der Waals surface area contributed by atoms with Crippen molar-refractivity contribution in [3.8, 4) is 5.75 Å². The Kier molecular flexibility index (Phi) is 7.64. The first-order chi connectivity index (χ1) is 17.7. The molecule has 1 aliphatic rings. The molecule has 0 bridgehead atoms. The molecule has 6 heteroatoms. The Balaban J connectivity index is 1.13. The predicted octanol–water partition coefficient (Wildman–Crippen LogP) is 5.08. The second-order valence-electron chi connectivity index (χ2n) is 9.19. The second kappa shape index (κ2) is 11.4. The van der Waals surface area contributed by atoms with Crippen molar-refractivity contribution in [2.24, 2.45) is 7.05 Å². The van der Waals surface area contributed by atoms with E-state index in [1.165, 1.54) is 21.9 Å². The van der Waals surface area contributed by atoms with E-state index in [0.717, 1.165) is 25.3 Å². The van der Waals surface area contributed by atoms with Crippen LogP contribution in [0.5, 0.6) is 5.75 Å². The lowest BCUT2D eigenvalue weighted by atomic mass is 9.87. The van der Waals surface area contributed by atoms with Crippen molar-refractivity contribution in [3.05, 3.63) is 102 Å². The zero-order valence-electron chi connectivity index (χ0n) is 20.6. The molecule has 2 unspecified atom stereocenters. The maximum Gasteiger partial charge on any atom is 0.355 e. The molecule has 1 saturated heterocycles. The Hall–Kier alpha value is -3.61. The third-order valence-corrected chi connectivity index (χ3v) is 6.75. The van der Waals surface area contributed by atoms with Gasteiger partial charge in [-0.2, -0.15) is 0 Å². The van der Waals surface area contributed by atoms with E-state index in [9.17, 15) is 4.79 Å². The molecule has 0 amide bonds. The van der Waals surface area contributed by atoms with Crippen molar-refractivity contribution in [2.75, 3.05) is 26.3 Å². The summed E-state index contributed by atoms with van der Waals surface area (Å²) >= 11 is 0. The van der Waals surface area contributed by atoms with Gasteiger partial charge in [0.15, 0.2) is 0 Å². The molecule has 2 heterocycles. The van der Waals surface area contributed by atoms with Crippen molar-refractivity contribution in [1.82, 2.24) is 9.88 Å². The Labute approximate surface area is 211 Å². The highest BCUT2D eigenvalue weighted by atomic mass is 16.6. The van der Waals surface area contributed by atoms with Gasteiger partial charge < -0.3 is 24.1 Å². The summed E-state index contributed by atoms with van der Waals surface area (Å²) in [5, 5.41) is 5.96. The van der Waals surface area contributed by atoms with Crippen LogP contribution in [0.1, 0.15) is 34.0 Å². The van der Waals surface area contributed by atoms with Gasteiger partial charge >= 0.3 is 5.97 Å². The molecule has 0 aliphatic carbocycles. The highest BCUT2D eigenvalue weighted by Gasteiger charge is 2.27. The Morgan fingerprint density at radius 1 is 0.972 bits per heavy atom. The van der Waals surface area contributed by atoms with E-state index in [4.69, 9.17) is 14.2 Å². The van der Waals surface area contributed by atoms with Gasteiger partial charge in [-0.3, -0.25) is 0 Å². The van der Waals surface area contributed by atoms with Crippen LogP contribution in [0.3, 0.4) is 0 Å². The number of piperidine rings is 1. The van der Waals surface area contributed by atoms with Crippen LogP contribution >= 0.6 is 0 Å². The van der Waals surface area contributed by atoms with Gasteiger partial charge in [0.1, 0.15) is 24.7 Å². The standard InChI is InChI=1S/C30H32N2O4/c1-32-16-4-7-28(32)30(33)35-18-17-34-26-12-10-24(11-13-26)27-14-15-31-20-29(27)36-21-22-8-9-23-5-2-3-6-25(23)19-22/h2-13,16,19,27,29,31H,14-15,17-18,20-21H2,1H3. The largest absolute Gasteiger partial charge is 0.490 e. The lowest BCUT2D eigenvalue weighted by molar-refractivity contribution is 0.0106. The number of nitrogens with one attached hydrogen (secondary N) is 1. The topological polar surface area (TPSA) is 61.7 Å². The molecule has 0 spiro atoms. The van der Waals surface area contributed by atoms with E-state index in [2.05, 4.69) is 59.9 Å². The third kappa shape index (κ3) is 5.78. The monoisotopic (exact) mass is 484 g/mol. The molecule has 3 aromatic carbocycles. The fraction of sp³-hybridized carbons (Fsp3) is 0.300. The van der Waals surface area contributed by atoms with Gasteiger partial charge in [0.05, 0.1) is 12.7 Å². The van der Waals surface area contributed by atoms with E-state index >= 15 is 0 Å². The van der Waals surface area contributed by atoms with Crippen LogP contribution in [-0.2, 0) is 23.1 Å². The van der Waals surface area contributed by atoms with Crippen molar-refractivity contribution < 1.29 is 19.0 Å². The lowest BCUT2D eigenvalue weighted by Crippen LogP contribution is -2.40. The number of fused-ring (bicyclic) bond motifs is 1. The summed E-state index contributed by atoms with van der Waals surface area (Å²) in [7, 11) is 1.82. The summed E-state index contributed by atoms with van der Waals surface area (Å²) in [6.07, 6.45) is 2.95. The Morgan fingerprint density at radius 3 is 2.61 bits per heavy atom. The summed E-state index contributed by atoms with van der Waals surface area (Å²) in [5.74, 6) is 0.741. The normalized spacial score (nSPS) is 17.7. The minimum atomic E-state index is -0.345. The number of benzene rings is 3. The number of rotatable bonds is 9. The first-order valence-electron chi connectivity index (χ1n) is 12.5. The zero-order valence-corrected chi connectivity index (χ0v) is 20.6. The number of esters is 1. The summed E-state index contributed by atoms with van der Waals surface area (Å²) in [6.45, 7) is 2.91. The van der Waals surface area contributed by atoms with E-state index in [0.29, 0.717) is 24.8 Å². The van der Waals surface area contributed by atoms with Crippen LogP contribution in [-0.4, -0.2) is 42.9 Å². The quantitative estimate of drug-likeness (QED) is 0.265. The van der Waals surface area contributed by atoms with Crippen LogP contribution in [0.4, 0.5) is 0 Å². The highest BCUT2D eigenvalue weighted by Crippen LogP contribution is 2.30. The molecule has 6 nitrogen and oxygen atoms in total. The van der Waals surface area contributed by atoms with Gasteiger partial charge in [-0.25, -0.2) is 4.79 Å². The number of hydrogen-bond donors (Lipinski definition) is 1. The first-order valence-corrected chi connectivity index (χ1v) is 12.5. The summed E-state index contributed by atoms with van der Waals surface area (Å²) < 4.78 is 19.2. The van der Waals surface area contributed by atoms with Crippen LogP contribution in [0.25, 0.3) is 10.8 Å². The van der Waals surface area contributed by atoms with Gasteiger partial charge in [0.25, 0.3) is 0 Å². The van der Waals surface area contributed by atoms with E-state index in [1.807, 2.05) is 31.4 Å². The number of aryl methyl sites for hydroxylation is 1. The Bertz CT molecular complexity index is 1300. The van der Waals surface area contributed by atoms with Gasteiger partial charge in [0.2, 0.25) is 0 Å². The molecular weight excluding hydrogens is 452 g/mol. The minimum Gasteiger partial charge on any atom is -0.490 e. The zero-order chi connectivity index (χ0) is 24.7. The molecule has 0 radical (unpaired) electrons. The third-order valence-electron chi connectivity index (χ3n) is 6.75. The smallest absolute Gasteiger partial charge is 0.355 e. The molecule has 1 N–H and O–H groups in total. The molecule has 186 valence electrons. The number of carbonyl (C=O) groups excluding carboxylic acids is 1. The SMILES string of the molecule is Cn1cccc1C(=O)OCCOc1ccc(C2CCNCC2OCc2ccc3ccccc3c2)cc1. The van der Waals surface area contributed by atoms with Gasteiger partial charge in [0, 0.05) is 25.7 Å². The van der Waals surface area contributed by atoms with E-state index in [1.54, 1.807) is 10.6 Å². The number of ether oxygens (including phenoxy) is 3. The molecule has 2 atom stereocenters. The molecule has 1 aromatic heterocycles. The minimum absolute atomic E-state index is 0.105. The van der Waals surface area contributed by atoms with Crippen LogP contribution in [0.15, 0.2) is 85.1 Å². The summed E-state index contributed by atoms with van der Waals surface area (Å²) in [6, 6.07) is 26.7. The van der Waals surface area contributed by atoms with Crippen molar-refractivity contribution in [1.29, 1.82) is 0 Å². The van der Waals surface area contributed by atoms with E-state index < -0.39 is 0 Å². The molecule has 1 fully saturated rings. The summed E-state index contributed by atoms with van der Waals surface area (Å²) in [5.41, 5.74) is 2.97. The first kappa shape index (κ1) is 24.1. The molecule has 0 saturated carbocycles. The van der Waals surface area contributed by atoms with Crippen molar-refractivity contribution in [3.63, 3.8) is 0 Å². The molecular formula is C30H32N2O4. The number of nitrogens with zero attached hydrogens (tertiary/aromatic N) is 1.